The average Bonchev–Trinajstić information content (AvgIpc) is 2.83. The van der Waals surface area contributed by atoms with Crippen LogP contribution in [0.4, 0.5) is 0 Å². The van der Waals surface area contributed by atoms with Crippen molar-refractivity contribution < 1.29 is 0 Å². The van der Waals surface area contributed by atoms with Gasteiger partial charge < -0.3 is 5.73 Å². The number of nitrogens with two attached hydrogens (primary N) is 1. The SMILES string of the molecule is CCc1cc(CC)n(Cc2ccc(CN)cc2Cl)n1. The maximum atomic E-state index is 6.30. The zero-order chi connectivity index (χ0) is 13.8. The molecule has 0 bridgehead atoms. The molecule has 1 heterocycles. The number of rotatable bonds is 5. The van der Waals surface area contributed by atoms with Crippen molar-refractivity contribution in [1.82, 2.24) is 9.78 Å². The molecule has 0 saturated heterocycles. The summed E-state index contributed by atoms with van der Waals surface area (Å²) in [4.78, 5) is 0. The number of aryl methyl sites for hydroxylation is 2. The largest absolute Gasteiger partial charge is 0.326 e. The molecule has 0 atom stereocenters. The summed E-state index contributed by atoms with van der Waals surface area (Å²) in [5.41, 5.74) is 10.1. The first-order valence-corrected chi connectivity index (χ1v) is 7.08. The fraction of sp³-hybridized carbons (Fsp3) is 0.400. The standard InChI is InChI=1S/C15H20ClN3/c1-3-13-8-14(4-2)19(18-13)10-12-6-5-11(9-17)7-15(12)16/h5-8H,3-4,9-10,17H2,1-2H3. The van der Waals surface area contributed by atoms with E-state index in [2.05, 4.69) is 25.0 Å². The van der Waals surface area contributed by atoms with Crippen molar-refractivity contribution in [3.05, 3.63) is 51.8 Å². The van der Waals surface area contributed by atoms with Gasteiger partial charge in [0.2, 0.25) is 0 Å². The number of aromatic nitrogens is 2. The van der Waals surface area contributed by atoms with Crippen molar-refractivity contribution in [3.63, 3.8) is 0 Å². The predicted octanol–water partition coefficient (Wildman–Crippen LogP) is 3.17. The molecule has 4 heteroatoms. The highest BCUT2D eigenvalue weighted by molar-refractivity contribution is 6.31. The maximum Gasteiger partial charge on any atom is 0.0677 e. The van der Waals surface area contributed by atoms with Crippen LogP contribution in [-0.2, 0) is 25.9 Å². The number of halogens is 1. The Morgan fingerprint density at radius 3 is 2.58 bits per heavy atom. The van der Waals surface area contributed by atoms with Gasteiger partial charge in [0.15, 0.2) is 0 Å². The molecule has 0 spiro atoms. The van der Waals surface area contributed by atoms with E-state index >= 15 is 0 Å². The molecule has 19 heavy (non-hydrogen) atoms. The van der Waals surface area contributed by atoms with Gasteiger partial charge in [-0.2, -0.15) is 5.10 Å². The van der Waals surface area contributed by atoms with Crippen LogP contribution in [0.1, 0.15) is 36.4 Å². The molecule has 0 unspecified atom stereocenters. The molecule has 0 radical (unpaired) electrons. The topological polar surface area (TPSA) is 43.8 Å². The van der Waals surface area contributed by atoms with Crippen molar-refractivity contribution >= 4 is 11.6 Å². The van der Waals surface area contributed by atoms with E-state index in [1.807, 2.05) is 22.9 Å². The van der Waals surface area contributed by atoms with Gasteiger partial charge in [0.1, 0.15) is 0 Å². The maximum absolute atomic E-state index is 6.30. The summed E-state index contributed by atoms with van der Waals surface area (Å²) in [6.07, 6.45) is 1.94. The Kier molecular flexibility index (Phi) is 4.61. The lowest BCUT2D eigenvalue weighted by Gasteiger charge is -2.09. The second kappa shape index (κ2) is 6.22. The Morgan fingerprint density at radius 1 is 1.21 bits per heavy atom. The Bertz CT molecular complexity index is 561. The van der Waals surface area contributed by atoms with Gasteiger partial charge in [0.25, 0.3) is 0 Å². The van der Waals surface area contributed by atoms with Crippen LogP contribution in [0.5, 0.6) is 0 Å². The van der Waals surface area contributed by atoms with Gasteiger partial charge in [-0.25, -0.2) is 0 Å². The zero-order valence-electron chi connectivity index (χ0n) is 11.5. The van der Waals surface area contributed by atoms with Crippen molar-refractivity contribution in [2.24, 2.45) is 5.73 Å². The number of nitrogens with zero attached hydrogens (tertiary/aromatic N) is 2. The first-order chi connectivity index (χ1) is 9.17. The lowest BCUT2D eigenvalue weighted by Crippen LogP contribution is -2.07. The summed E-state index contributed by atoms with van der Waals surface area (Å²) in [6.45, 7) is 5.50. The normalized spacial score (nSPS) is 10.9. The molecule has 0 aliphatic heterocycles. The van der Waals surface area contributed by atoms with E-state index in [0.717, 1.165) is 34.7 Å². The van der Waals surface area contributed by atoms with Crippen molar-refractivity contribution in [2.75, 3.05) is 0 Å². The van der Waals surface area contributed by atoms with Gasteiger partial charge in [-0.15, -0.1) is 0 Å². The second-order valence-electron chi connectivity index (χ2n) is 4.62. The van der Waals surface area contributed by atoms with Gasteiger partial charge in [0, 0.05) is 17.3 Å². The van der Waals surface area contributed by atoms with Crippen LogP contribution in [0.15, 0.2) is 24.3 Å². The van der Waals surface area contributed by atoms with Gasteiger partial charge in [-0.1, -0.05) is 37.6 Å². The number of benzene rings is 1. The highest BCUT2D eigenvalue weighted by Gasteiger charge is 2.08. The quantitative estimate of drug-likeness (QED) is 0.912. The third-order valence-electron chi connectivity index (χ3n) is 3.31. The molecular formula is C15H20ClN3. The van der Waals surface area contributed by atoms with Crippen molar-refractivity contribution in [3.8, 4) is 0 Å². The minimum atomic E-state index is 0.516. The van der Waals surface area contributed by atoms with E-state index in [-0.39, 0.29) is 0 Å². The Balaban J connectivity index is 2.27. The summed E-state index contributed by atoms with van der Waals surface area (Å²) >= 11 is 6.30. The van der Waals surface area contributed by atoms with Crippen molar-refractivity contribution in [2.45, 2.75) is 39.8 Å². The molecule has 3 nitrogen and oxygen atoms in total. The van der Waals surface area contributed by atoms with E-state index < -0.39 is 0 Å². The molecule has 1 aromatic carbocycles. The van der Waals surface area contributed by atoms with E-state index in [0.29, 0.717) is 13.1 Å². The summed E-state index contributed by atoms with van der Waals surface area (Å²) < 4.78 is 2.04. The van der Waals surface area contributed by atoms with Gasteiger partial charge in [0.05, 0.1) is 12.2 Å². The van der Waals surface area contributed by atoms with Gasteiger partial charge in [-0.3, -0.25) is 4.68 Å². The summed E-state index contributed by atoms with van der Waals surface area (Å²) in [5, 5.41) is 5.37. The highest BCUT2D eigenvalue weighted by Crippen LogP contribution is 2.20. The van der Waals surface area contributed by atoms with Gasteiger partial charge >= 0.3 is 0 Å². The Morgan fingerprint density at radius 2 is 2.00 bits per heavy atom. The Labute approximate surface area is 119 Å². The Hall–Kier alpha value is -1.32. The molecular weight excluding hydrogens is 258 g/mol. The molecule has 2 aromatic rings. The zero-order valence-corrected chi connectivity index (χ0v) is 12.2. The molecule has 0 saturated carbocycles. The molecule has 1 aromatic heterocycles. The van der Waals surface area contributed by atoms with Crippen LogP contribution < -0.4 is 5.73 Å². The third kappa shape index (κ3) is 3.17. The summed E-state index contributed by atoms with van der Waals surface area (Å²) in [7, 11) is 0. The van der Waals surface area contributed by atoms with E-state index in [1.165, 1.54) is 5.69 Å². The molecule has 2 N–H and O–H groups in total. The highest BCUT2D eigenvalue weighted by atomic mass is 35.5. The monoisotopic (exact) mass is 277 g/mol. The van der Waals surface area contributed by atoms with E-state index in [1.54, 1.807) is 0 Å². The van der Waals surface area contributed by atoms with Crippen LogP contribution in [-0.4, -0.2) is 9.78 Å². The molecule has 0 aliphatic carbocycles. The smallest absolute Gasteiger partial charge is 0.0677 e. The minimum absolute atomic E-state index is 0.516. The molecule has 102 valence electrons. The lowest BCUT2D eigenvalue weighted by molar-refractivity contribution is 0.640. The number of hydrogen-bond acceptors (Lipinski definition) is 2. The molecule has 0 amide bonds. The third-order valence-corrected chi connectivity index (χ3v) is 3.66. The second-order valence-corrected chi connectivity index (χ2v) is 5.03. The van der Waals surface area contributed by atoms with Crippen molar-refractivity contribution in [1.29, 1.82) is 0 Å². The average molecular weight is 278 g/mol. The van der Waals surface area contributed by atoms with Crippen LogP contribution in [0.25, 0.3) is 0 Å². The summed E-state index contributed by atoms with van der Waals surface area (Å²) in [6, 6.07) is 8.17. The van der Waals surface area contributed by atoms with E-state index in [9.17, 15) is 0 Å². The van der Waals surface area contributed by atoms with Crippen LogP contribution in [0.2, 0.25) is 5.02 Å². The fourth-order valence-corrected chi connectivity index (χ4v) is 2.38. The van der Waals surface area contributed by atoms with Crippen LogP contribution in [0.3, 0.4) is 0 Å². The predicted molar refractivity (Wildman–Crippen MR) is 79.4 cm³/mol. The van der Waals surface area contributed by atoms with Gasteiger partial charge in [-0.05, 0) is 36.1 Å². The van der Waals surface area contributed by atoms with Crippen LogP contribution >= 0.6 is 11.6 Å². The van der Waals surface area contributed by atoms with E-state index in [4.69, 9.17) is 17.3 Å². The molecule has 2 rings (SSSR count). The first-order valence-electron chi connectivity index (χ1n) is 6.70. The summed E-state index contributed by atoms with van der Waals surface area (Å²) in [5.74, 6) is 0. The van der Waals surface area contributed by atoms with Crippen LogP contribution in [0, 0.1) is 0 Å². The number of hydrogen-bond donors (Lipinski definition) is 1. The lowest BCUT2D eigenvalue weighted by atomic mass is 10.1. The minimum Gasteiger partial charge on any atom is -0.326 e. The molecule has 0 aliphatic rings. The fourth-order valence-electron chi connectivity index (χ4n) is 2.12. The molecule has 0 fully saturated rings. The first kappa shape index (κ1) is 14.1.